The summed E-state index contributed by atoms with van der Waals surface area (Å²) in [6.07, 6.45) is 2.14. The van der Waals surface area contributed by atoms with Gasteiger partial charge in [-0.25, -0.2) is 0 Å². The van der Waals surface area contributed by atoms with Gasteiger partial charge in [0.25, 0.3) is 0 Å². The molecule has 1 aromatic heterocycles. The molecule has 1 aromatic carbocycles. The zero-order valence-electron chi connectivity index (χ0n) is 17.1. The first kappa shape index (κ1) is 18.9. The third-order valence-electron chi connectivity index (χ3n) is 5.78. The highest BCUT2D eigenvalue weighted by molar-refractivity contribution is 5.65. The lowest BCUT2D eigenvalue weighted by molar-refractivity contribution is 0.254. The van der Waals surface area contributed by atoms with Crippen LogP contribution in [0.3, 0.4) is 0 Å². The number of nitrogens with zero attached hydrogens (tertiary/aromatic N) is 1. The zero-order chi connectivity index (χ0) is 19.1. The molecule has 0 radical (unpaired) electrons. The summed E-state index contributed by atoms with van der Waals surface area (Å²) in [5.74, 6) is 0.383. The Morgan fingerprint density at radius 3 is 2.27 bits per heavy atom. The van der Waals surface area contributed by atoms with Crippen molar-refractivity contribution in [2.75, 3.05) is 20.1 Å². The normalized spacial score (nSPS) is 16.8. The maximum Gasteiger partial charge on any atom is 0.185 e. The van der Waals surface area contributed by atoms with E-state index in [-0.39, 0.29) is 10.8 Å². The molecule has 0 saturated carbocycles. The fourth-order valence-corrected chi connectivity index (χ4v) is 4.08. The van der Waals surface area contributed by atoms with Gasteiger partial charge < -0.3 is 9.88 Å². The highest BCUT2D eigenvalue weighted by Gasteiger charge is 2.23. The summed E-state index contributed by atoms with van der Waals surface area (Å²) in [4.78, 5) is 18.8. The number of nitrogens with one attached hydrogen (secondary N) is 1. The molecule has 0 amide bonds. The van der Waals surface area contributed by atoms with Gasteiger partial charge in [0, 0.05) is 28.6 Å². The van der Waals surface area contributed by atoms with Gasteiger partial charge in [0.15, 0.2) is 5.43 Å². The minimum Gasteiger partial charge on any atom is -0.358 e. The molecule has 3 nitrogen and oxygen atoms in total. The topological polar surface area (TPSA) is 36.1 Å². The molecule has 1 saturated heterocycles. The van der Waals surface area contributed by atoms with Gasteiger partial charge in [-0.3, -0.25) is 4.79 Å². The Hall–Kier alpha value is -1.87. The van der Waals surface area contributed by atoms with E-state index in [4.69, 9.17) is 0 Å². The molecule has 1 fully saturated rings. The van der Waals surface area contributed by atoms with Crippen LogP contribution in [-0.4, -0.2) is 30.0 Å². The van der Waals surface area contributed by atoms with Gasteiger partial charge in [0.2, 0.25) is 0 Å². The number of piperidine rings is 1. The number of hydrogen-bond donors (Lipinski definition) is 1. The summed E-state index contributed by atoms with van der Waals surface area (Å²) in [7, 11) is 2.15. The van der Waals surface area contributed by atoms with Crippen LogP contribution in [0.1, 0.15) is 61.9 Å². The number of pyridine rings is 1. The Bertz CT molecular complexity index is 849. The molecule has 0 spiro atoms. The Balaban J connectivity index is 1.97. The van der Waals surface area contributed by atoms with Crippen LogP contribution in [0.15, 0.2) is 29.1 Å². The molecular weight excluding hydrogens is 320 g/mol. The van der Waals surface area contributed by atoms with Crippen LogP contribution in [0, 0.1) is 13.8 Å². The van der Waals surface area contributed by atoms with Crippen molar-refractivity contribution in [2.24, 2.45) is 0 Å². The lowest BCUT2D eigenvalue weighted by Crippen LogP contribution is -2.31. The van der Waals surface area contributed by atoms with Crippen molar-refractivity contribution in [3.63, 3.8) is 0 Å². The van der Waals surface area contributed by atoms with E-state index in [1.165, 1.54) is 11.1 Å². The minimum atomic E-state index is 0.130. The number of H-pyrrole nitrogens is 1. The fourth-order valence-electron chi connectivity index (χ4n) is 4.08. The number of aryl methyl sites for hydroxylation is 2. The summed E-state index contributed by atoms with van der Waals surface area (Å²) < 4.78 is 0. The first-order chi connectivity index (χ1) is 12.2. The SMILES string of the molecule is Cc1cc(C(C)(C)C)ccc1-c1cc(=O)c(C2CCN(C)CC2)c(C)[nH]1. The molecule has 0 unspecified atom stereocenters. The van der Waals surface area contributed by atoms with Gasteiger partial charge >= 0.3 is 0 Å². The van der Waals surface area contributed by atoms with E-state index in [1.807, 2.05) is 0 Å². The smallest absolute Gasteiger partial charge is 0.185 e. The van der Waals surface area contributed by atoms with Crippen LogP contribution in [0.4, 0.5) is 0 Å². The predicted molar refractivity (Wildman–Crippen MR) is 110 cm³/mol. The van der Waals surface area contributed by atoms with Gasteiger partial charge in [0.1, 0.15) is 0 Å². The Kier molecular flexibility index (Phi) is 5.12. The van der Waals surface area contributed by atoms with Crippen molar-refractivity contribution in [1.82, 2.24) is 9.88 Å². The van der Waals surface area contributed by atoms with E-state index in [0.29, 0.717) is 5.92 Å². The highest BCUT2D eigenvalue weighted by atomic mass is 16.1. The Morgan fingerprint density at radius 1 is 1.08 bits per heavy atom. The monoisotopic (exact) mass is 352 g/mol. The molecule has 1 aliphatic rings. The molecule has 0 bridgehead atoms. The molecule has 26 heavy (non-hydrogen) atoms. The molecule has 2 heterocycles. The van der Waals surface area contributed by atoms with Crippen LogP contribution in [-0.2, 0) is 5.41 Å². The third kappa shape index (κ3) is 3.78. The number of rotatable bonds is 2. The van der Waals surface area contributed by atoms with Gasteiger partial charge in [0.05, 0.1) is 0 Å². The van der Waals surface area contributed by atoms with Crippen molar-refractivity contribution in [1.29, 1.82) is 0 Å². The van der Waals surface area contributed by atoms with Crippen molar-refractivity contribution in [3.8, 4) is 11.3 Å². The molecule has 140 valence electrons. The maximum atomic E-state index is 12.9. The predicted octanol–water partition coefficient (Wildman–Crippen LogP) is 4.77. The lowest BCUT2D eigenvalue weighted by atomic mass is 9.84. The molecule has 1 N–H and O–H groups in total. The fraction of sp³-hybridized carbons (Fsp3) is 0.522. The molecule has 0 atom stereocenters. The van der Waals surface area contributed by atoms with E-state index in [2.05, 4.69) is 69.7 Å². The zero-order valence-corrected chi connectivity index (χ0v) is 17.1. The van der Waals surface area contributed by atoms with E-state index >= 15 is 0 Å². The number of hydrogen-bond acceptors (Lipinski definition) is 2. The molecule has 2 aromatic rings. The minimum absolute atomic E-state index is 0.130. The van der Waals surface area contributed by atoms with Gasteiger partial charge in [-0.1, -0.05) is 39.0 Å². The summed E-state index contributed by atoms with van der Waals surface area (Å²) in [5.41, 5.74) is 6.91. The van der Waals surface area contributed by atoms with Crippen LogP contribution in [0.25, 0.3) is 11.3 Å². The lowest BCUT2D eigenvalue weighted by Gasteiger charge is -2.29. The van der Waals surface area contributed by atoms with Crippen molar-refractivity contribution < 1.29 is 0 Å². The van der Waals surface area contributed by atoms with E-state index in [9.17, 15) is 4.79 Å². The largest absolute Gasteiger partial charge is 0.358 e. The Morgan fingerprint density at radius 2 is 1.73 bits per heavy atom. The number of benzene rings is 1. The molecule has 0 aliphatic carbocycles. The summed E-state index contributed by atoms with van der Waals surface area (Å²) in [6, 6.07) is 8.38. The second-order valence-electron chi connectivity index (χ2n) is 8.94. The maximum absolute atomic E-state index is 12.9. The number of aromatic nitrogens is 1. The highest BCUT2D eigenvalue weighted by Crippen LogP contribution is 2.31. The summed E-state index contributed by atoms with van der Waals surface area (Å²) in [5, 5.41) is 0. The second-order valence-corrected chi connectivity index (χ2v) is 8.94. The van der Waals surface area contributed by atoms with Crippen molar-refractivity contribution in [2.45, 2.75) is 58.8 Å². The van der Waals surface area contributed by atoms with E-state index in [1.54, 1.807) is 6.07 Å². The average molecular weight is 353 g/mol. The molecule has 3 heteroatoms. The standard InChI is InChI=1S/C23H32N2O/c1-15-13-18(23(3,4)5)7-8-19(15)20-14-21(26)22(16(2)24-20)17-9-11-25(6)12-10-17/h7-8,13-14,17H,9-12H2,1-6H3,(H,24,26). The third-order valence-corrected chi connectivity index (χ3v) is 5.78. The van der Waals surface area contributed by atoms with Crippen LogP contribution in [0.5, 0.6) is 0 Å². The summed E-state index contributed by atoms with van der Waals surface area (Å²) >= 11 is 0. The molecular formula is C23H32N2O. The average Bonchev–Trinajstić information content (AvgIpc) is 2.55. The van der Waals surface area contributed by atoms with Crippen LogP contribution in [0.2, 0.25) is 0 Å². The first-order valence-corrected chi connectivity index (χ1v) is 9.70. The van der Waals surface area contributed by atoms with Gasteiger partial charge in [-0.2, -0.15) is 0 Å². The van der Waals surface area contributed by atoms with Crippen LogP contribution < -0.4 is 5.43 Å². The van der Waals surface area contributed by atoms with Crippen molar-refractivity contribution in [3.05, 3.63) is 56.9 Å². The van der Waals surface area contributed by atoms with E-state index in [0.717, 1.165) is 48.4 Å². The van der Waals surface area contributed by atoms with Gasteiger partial charge in [-0.05, 0) is 69.3 Å². The molecule has 1 aliphatic heterocycles. The second kappa shape index (κ2) is 7.03. The molecule has 3 rings (SSSR count). The quantitative estimate of drug-likeness (QED) is 0.845. The van der Waals surface area contributed by atoms with E-state index < -0.39 is 0 Å². The first-order valence-electron chi connectivity index (χ1n) is 9.70. The summed E-state index contributed by atoms with van der Waals surface area (Å²) in [6.45, 7) is 13.0. The Labute approximate surface area is 157 Å². The number of likely N-dealkylation sites (tertiary alicyclic amines) is 1. The van der Waals surface area contributed by atoms with Crippen LogP contribution >= 0.6 is 0 Å². The van der Waals surface area contributed by atoms with Gasteiger partial charge in [-0.15, -0.1) is 0 Å². The number of aromatic amines is 1. The van der Waals surface area contributed by atoms with Crippen molar-refractivity contribution >= 4 is 0 Å².